The molecule has 4 heterocycles. The number of nitrogens with one attached hydrogen (secondary N) is 1. The first-order valence-corrected chi connectivity index (χ1v) is 14.1. The van der Waals surface area contributed by atoms with Gasteiger partial charge in [0.1, 0.15) is 11.4 Å². The molecule has 4 atom stereocenters. The Morgan fingerprint density at radius 1 is 0.974 bits per heavy atom. The van der Waals surface area contributed by atoms with Crippen molar-refractivity contribution >= 4 is 44.3 Å². The summed E-state index contributed by atoms with van der Waals surface area (Å²) in [6.07, 6.45) is 0.699. The monoisotopic (exact) mass is 582 g/mol. The van der Waals surface area contributed by atoms with E-state index in [-0.39, 0.29) is 29.3 Å². The van der Waals surface area contributed by atoms with Gasteiger partial charge in [0.2, 0.25) is 11.8 Å². The number of anilines is 1. The highest BCUT2D eigenvalue weighted by Crippen LogP contribution is 2.56. The van der Waals surface area contributed by atoms with E-state index in [9.17, 15) is 14.4 Å². The van der Waals surface area contributed by atoms with Gasteiger partial charge in [-0.3, -0.25) is 24.3 Å². The average molecular weight is 583 g/mol. The number of benzene rings is 3. The molecule has 0 radical (unpaired) electrons. The second kappa shape index (κ2) is 8.44. The molecule has 0 unspecified atom stereocenters. The van der Waals surface area contributed by atoms with E-state index in [0.29, 0.717) is 39.0 Å². The lowest BCUT2D eigenvalue weighted by molar-refractivity contribution is -0.123. The summed E-state index contributed by atoms with van der Waals surface area (Å²) in [5.74, 6) is -1.10. The number of rotatable bonds is 3. The van der Waals surface area contributed by atoms with Crippen molar-refractivity contribution < 1.29 is 9.59 Å². The van der Waals surface area contributed by atoms with Gasteiger partial charge < -0.3 is 0 Å². The Balaban J connectivity index is 1.52. The maximum Gasteiger partial charge on any atom is 0.266 e. The fraction of sp³-hybridized carbons (Fsp3) is 0.290. The molecule has 3 aliphatic rings. The molecule has 7 nitrogen and oxygen atoms in total. The molecular weight excluding hydrogens is 556 g/mol. The van der Waals surface area contributed by atoms with E-state index < -0.39 is 17.4 Å². The standard InChI is InChI=1S/C31H27BrN4O3/c1-16(2)14-22-25-26(29(39)35(28(25)38)24-13-12-17(3)15-20(24)32)31(34-22)19-9-5-7-11-23(19)36-27(37)18-8-4-6-10-21(18)33-30(31)36/h4-13,15-16,22,25-26,34H,14H2,1-3H3/t22-,25-,26+,31-/m0/s1. The summed E-state index contributed by atoms with van der Waals surface area (Å²) in [4.78, 5) is 49.0. The summed E-state index contributed by atoms with van der Waals surface area (Å²) in [5, 5.41) is 4.27. The number of fused-ring (bicyclic) bond motifs is 8. The number of nitrogens with zero attached hydrogens (tertiary/aromatic N) is 3. The topological polar surface area (TPSA) is 84.3 Å². The van der Waals surface area contributed by atoms with Crippen LogP contribution < -0.4 is 15.8 Å². The van der Waals surface area contributed by atoms with E-state index in [1.54, 1.807) is 10.6 Å². The van der Waals surface area contributed by atoms with Gasteiger partial charge in [0.25, 0.3) is 5.56 Å². The third-order valence-electron chi connectivity index (χ3n) is 8.43. The minimum atomic E-state index is -1.12. The minimum absolute atomic E-state index is 0.180. The van der Waals surface area contributed by atoms with Gasteiger partial charge in [0, 0.05) is 16.1 Å². The van der Waals surface area contributed by atoms with Gasteiger partial charge in [-0.25, -0.2) is 9.88 Å². The first-order chi connectivity index (χ1) is 18.7. The molecule has 2 fully saturated rings. The SMILES string of the molecule is Cc1ccc(N2C(=O)[C@H]3[C@H](CC(C)C)N[C@@]4(c5ccccc5-n5c4nc4ccccc4c5=O)[C@H]3C2=O)c(Br)c1. The normalized spacial score (nSPS) is 25.2. The number of hydrogen-bond donors (Lipinski definition) is 1. The van der Waals surface area contributed by atoms with Crippen LogP contribution in [0.5, 0.6) is 0 Å². The van der Waals surface area contributed by atoms with Crippen molar-refractivity contribution in [1.82, 2.24) is 14.9 Å². The molecule has 196 valence electrons. The van der Waals surface area contributed by atoms with Crippen LogP contribution in [0.25, 0.3) is 16.6 Å². The molecule has 39 heavy (non-hydrogen) atoms. The number of para-hydroxylation sites is 2. The molecule has 2 amide bonds. The highest BCUT2D eigenvalue weighted by molar-refractivity contribution is 9.10. The molecular formula is C31H27BrN4O3. The highest BCUT2D eigenvalue weighted by Gasteiger charge is 2.69. The molecule has 8 heteroatoms. The number of amides is 2. The summed E-state index contributed by atoms with van der Waals surface area (Å²) >= 11 is 3.59. The second-order valence-electron chi connectivity index (χ2n) is 11.3. The Morgan fingerprint density at radius 2 is 1.72 bits per heavy atom. The molecule has 0 saturated carbocycles. The van der Waals surface area contributed by atoms with E-state index >= 15 is 0 Å². The molecule has 7 rings (SSSR count). The lowest BCUT2D eigenvalue weighted by Crippen LogP contribution is -2.50. The first-order valence-electron chi connectivity index (χ1n) is 13.3. The van der Waals surface area contributed by atoms with Gasteiger partial charge in [0.15, 0.2) is 0 Å². The zero-order valence-electron chi connectivity index (χ0n) is 21.8. The lowest BCUT2D eigenvalue weighted by atomic mass is 9.75. The molecule has 2 saturated heterocycles. The van der Waals surface area contributed by atoms with E-state index in [2.05, 4.69) is 35.1 Å². The molecule has 1 spiro atoms. The van der Waals surface area contributed by atoms with Crippen LogP contribution in [0.2, 0.25) is 0 Å². The van der Waals surface area contributed by atoms with Gasteiger partial charge in [0.05, 0.1) is 34.1 Å². The molecule has 1 aromatic heterocycles. The zero-order valence-corrected chi connectivity index (χ0v) is 23.4. The van der Waals surface area contributed by atoms with E-state index in [1.807, 2.05) is 67.6 Å². The van der Waals surface area contributed by atoms with E-state index in [0.717, 1.165) is 11.1 Å². The van der Waals surface area contributed by atoms with Crippen LogP contribution in [0.15, 0.2) is 76.0 Å². The van der Waals surface area contributed by atoms with E-state index in [1.165, 1.54) is 4.90 Å². The van der Waals surface area contributed by atoms with Crippen molar-refractivity contribution in [1.29, 1.82) is 0 Å². The third-order valence-corrected chi connectivity index (χ3v) is 9.07. The summed E-state index contributed by atoms with van der Waals surface area (Å²) in [7, 11) is 0. The number of halogens is 1. The van der Waals surface area contributed by atoms with Crippen LogP contribution in [0.1, 0.15) is 37.2 Å². The van der Waals surface area contributed by atoms with Crippen molar-refractivity contribution in [3.8, 4) is 5.69 Å². The first kappa shape index (κ1) is 24.4. The van der Waals surface area contributed by atoms with Crippen LogP contribution in [0.3, 0.4) is 0 Å². The summed E-state index contributed by atoms with van der Waals surface area (Å²) < 4.78 is 2.33. The second-order valence-corrected chi connectivity index (χ2v) is 12.1. The molecule has 1 N–H and O–H groups in total. The van der Waals surface area contributed by atoms with Crippen molar-refractivity contribution in [2.75, 3.05) is 4.90 Å². The molecule has 4 aromatic rings. The summed E-state index contributed by atoms with van der Waals surface area (Å²) in [5.41, 5.74) is 2.33. The summed E-state index contributed by atoms with van der Waals surface area (Å²) in [6.45, 7) is 6.20. The number of carbonyl (C=O) groups excluding carboxylic acids is 2. The number of imide groups is 1. The van der Waals surface area contributed by atoms with Gasteiger partial charge in [-0.2, -0.15) is 0 Å². The fourth-order valence-electron chi connectivity index (χ4n) is 6.96. The molecule has 3 aromatic carbocycles. The molecule has 0 bridgehead atoms. The Kier molecular flexibility index (Phi) is 5.28. The van der Waals surface area contributed by atoms with Crippen LogP contribution >= 0.6 is 15.9 Å². The number of aromatic nitrogens is 2. The Hall–Kier alpha value is -3.62. The predicted octanol–water partition coefficient (Wildman–Crippen LogP) is 4.84. The Bertz CT molecular complexity index is 1780. The fourth-order valence-corrected chi connectivity index (χ4v) is 7.63. The van der Waals surface area contributed by atoms with Crippen LogP contribution in [-0.2, 0) is 15.1 Å². The van der Waals surface area contributed by atoms with Crippen molar-refractivity contribution in [3.05, 3.63) is 98.5 Å². The minimum Gasteiger partial charge on any atom is -0.297 e. The van der Waals surface area contributed by atoms with Gasteiger partial charge in [-0.15, -0.1) is 0 Å². The molecule has 3 aliphatic heterocycles. The maximum absolute atomic E-state index is 14.5. The smallest absolute Gasteiger partial charge is 0.266 e. The average Bonchev–Trinajstić information content (AvgIpc) is 3.47. The van der Waals surface area contributed by atoms with Crippen LogP contribution in [0.4, 0.5) is 5.69 Å². The van der Waals surface area contributed by atoms with Gasteiger partial charge in [-0.05, 0) is 71.1 Å². The number of aryl methyl sites for hydroxylation is 1. The predicted molar refractivity (Wildman–Crippen MR) is 153 cm³/mol. The number of hydrogen-bond acceptors (Lipinski definition) is 5. The van der Waals surface area contributed by atoms with Crippen molar-refractivity contribution in [2.24, 2.45) is 17.8 Å². The highest BCUT2D eigenvalue weighted by atomic mass is 79.9. The van der Waals surface area contributed by atoms with Gasteiger partial charge >= 0.3 is 0 Å². The Morgan fingerprint density at radius 3 is 2.49 bits per heavy atom. The van der Waals surface area contributed by atoms with Crippen LogP contribution in [-0.4, -0.2) is 27.4 Å². The zero-order chi connectivity index (χ0) is 27.2. The Labute approximate surface area is 234 Å². The maximum atomic E-state index is 14.5. The van der Waals surface area contributed by atoms with E-state index in [4.69, 9.17) is 4.98 Å². The van der Waals surface area contributed by atoms with Crippen LogP contribution in [0, 0.1) is 24.7 Å². The van der Waals surface area contributed by atoms with Gasteiger partial charge in [-0.1, -0.05) is 50.2 Å². The number of carbonyl (C=O) groups is 2. The third kappa shape index (κ3) is 3.19. The van der Waals surface area contributed by atoms with Crippen molar-refractivity contribution in [2.45, 2.75) is 38.8 Å². The molecule has 0 aliphatic carbocycles. The summed E-state index contributed by atoms with van der Waals surface area (Å²) in [6, 6.07) is 20.3. The largest absolute Gasteiger partial charge is 0.297 e. The lowest BCUT2D eigenvalue weighted by Gasteiger charge is -2.32. The quantitative estimate of drug-likeness (QED) is 0.349. The van der Waals surface area contributed by atoms with Crippen molar-refractivity contribution in [3.63, 3.8) is 0 Å².